The maximum atomic E-state index is 12.3. The molecule has 0 aliphatic rings. The number of thioether (sulfide) groups is 1. The summed E-state index contributed by atoms with van der Waals surface area (Å²) in [5.74, 6) is 0.962. The minimum Gasteiger partial charge on any atom is -0.497 e. The molecule has 1 unspecified atom stereocenters. The number of benzene rings is 2. The summed E-state index contributed by atoms with van der Waals surface area (Å²) in [6, 6.07) is 16.7. The molecule has 0 saturated carbocycles. The number of nitrogens with zero attached hydrogens (tertiary/aromatic N) is 2. The van der Waals surface area contributed by atoms with Crippen LogP contribution < -0.4 is 10.1 Å². The number of hydrogen-bond donors (Lipinski definition) is 1. The van der Waals surface area contributed by atoms with E-state index in [4.69, 9.17) is 9.15 Å². The van der Waals surface area contributed by atoms with Gasteiger partial charge in [0.1, 0.15) is 5.75 Å². The lowest BCUT2D eigenvalue weighted by atomic mass is 10.2. The molecule has 1 aromatic heterocycles. The van der Waals surface area contributed by atoms with Crippen LogP contribution in [0.4, 0.5) is 5.69 Å². The summed E-state index contributed by atoms with van der Waals surface area (Å²) >= 11 is 1.21. The lowest BCUT2D eigenvalue weighted by Gasteiger charge is -2.10. The van der Waals surface area contributed by atoms with Gasteiger partial charge in [-0.15, -0.1) is 10.2 Å². The Bertz CT molecular complexity index is 852. The maximum absolute atomic E-state index is 12.3. The van der Waals surface area contributed by atoms with Gasteiger partial charge in [-0.3, -0.25) is 4.79 Å². The van der Waals surface area contributed by atoms with Crippen LogP contribution in [0.25, 0.3) is 11.5 Å². The van der Waals surface area contributed by atoms with Gasteiger partial charge in [0.2, 0.25) is 11.8 Å². The van der Waals surface area contributed by atoms with Crippen molar-refractivity contribution in [3.05, 3.63) is 54.6 Å². The molecule has 1 N–H and O–H groups in total. The Labute approximate surface area is 149 Å². The molecular weight excluding hydrogens is 338 g/mol. The van der Waals surface area contributed by atoms with Crippen LogP contribution in [0, 0.1) is 0 Å². The molecule has 0 radical (unpaired) electrons. The monoisotopic (exact) mass is 355 g/mol. The molecule has 3 aromatic rings. The third-order valence-corrected chi connectivity index (χ3v) is 4.35. The largest absolute Gasteiger partial charge is 0.497 e. The van der Waals surface area contributed by atoms with Crippen molar-refractivity contribution in [2.45, 2.75) is 17.4 Å². The number of anilines is 1. The Morgan fingerprint density at radius 1 is 1.16 bits per heavy atom. The summed E-state index contributed by atoms with van der Waals surface area (Å²) < 4.78 is 10.8. The van der Waals surface area contributed by atoms with Gasteiger partial charge in [0.15, 0.2) is 0 Å². The molecule has 0 fully saturated rings. The van der Waals surface area contributed by atoms with Gasteiger partial charge >= 0.3 is 0 Å². The Hall–Kier alpha value is -2.80. The highest BCUT2D eigenvalue weighted by molar-refractivity contribution is 8.00. The standard InChI is InChI=1S/C18H17N3O3S/c1-12(16(22)19-14-9-6-10-15(11-14)23-2)25-18-21-20-17(24-18)13-7-4-3-5-8-13/h3-12H,1-2H3,(H,19,22). The van der Waals surface area contributed by atoms with Gasteiger partial charge < -0.3 is 14.5 Å². The van der Waals surface area contributed by atoms with Crippen molar-refractivity contribution in [3.8, 4) is 17.2 Å². The number of methoxy groups -OCH3 is 1. The van der Waals surface area contributed by atoms with E-state index in [-0.39, 0.29) is 5.91 Å². The second-order valence-electron chi connectivity index (χ2n) is 5.22. The first kappa shape index (κ1) is 17.0. The molecule has 25 heavy (non-hydrogen) atoms. The first-order valence-corrected chi connectivity index (χ1v) is 8.54. The summed E-state index contributed by atoms with van der Waals surface area (Å²) in [6.45, 7) is 1.78. The fraction of sp³-hybridized carbons (Fsp3) is 0.167. The van der Waals surface area contributed by atoms with Crippen LogP contribution in [0.15, 0.2) is 64.2 Å². The predicted octanol–water partition coefficient (Wildman–Crippen LogP) is 3.86. The van der Waals surface area contributed by atoms with Crippen molar-refractivity contribution < 1.29 is 13.9 Å². The number of amides is 1. The first-order valence-electron chi connectivity index (χ1n) is 7.66. The van der Waals surface area contributed by atoms with E-state index in [0.717, 1.165) is 5.56 Å². The van der Waals surface area contributed by atoms with Gasteiger partial charge in [-0.25, -0.2) is 0 Å². The first-order chi connectivity index (χ1) is 12.2. The summed E-state index contributed by atoms with van der Waals surface area (Å²) in [4.78, 5) is 12.3. The van der Waals surface area contributed by atoms with Gasteiger partial charge in [0, 0.05) is 17.3 Å². The molecule has 1 amide bonds. The van der Waals surface area contributed by atoms with Crippen LogP contribution in [0.2, 0.25) is 0 Å². The topological polar surface area (TPSA) is 77.2 Å². The van der Waals surface area contributed by atoms with Crippen molar-refractivity contribution in [1.29, 1.82) is 0 Å². The number of nitrogens with one attached hydrogen (secondary N) is 1. The molecule has 7 heteroatoms. The Kier molecular flexibility index (Phi) is 5.35. The van der Waals surface area contributed by atoms with Gasteiger partial charge in [-0.1, -0.05) is 36.0 Å². The average molecular weight is 355 g/mol. The van der Waals surface area contributed by atoms with E-state index in [0.29, 0.717) is 22.6 Å². The van der Waals surface area contributed by atoms with Crippen molar-refractivity contribution in [2.75, 3.05) is 12.4 Å². The summed E-state index contributed by atoms with van der Waals surface area (Å²) in [7, 11) is 1.58. The van der Waals surface area contributed by atoms with Crippen LogP contribution in [0.1, 0.15) is 6.92 Å². The van der Waals surface area contributed by atoms with Gasteiger partial charge in [0.05, 0.1) is 12.4 Å². The van der Waals surface area contributed by atoms with Crippen molar-refractivity contribution in [2.24, 2.45) is 0 Å². The van der Waals surface area contributed by atoms with E-state index in [1.165, 1.54) is 11.8 Å². The molecule has 0 bridgehead atoms. The summed E-state index contributed by atoms with van der Waals surface area (Å²) in [5.41, 5.74) is 1.52. The molecule has 128 valence electrons. The number of hydrogen-bond acceptors (Lipinski definition) is 6. The highest BCUT2D eigenvalue weighted by Gasteiger charge is 2.19. The molecule has 2 aromatic carbocycles. The SMILES string of the molecule is COc1cccc(NC(=O)C(C)Sc2nnc(-c3ccccc3)o2)c1. The molecule has 6 nitrogen and oxygen atoms in total. The normalized spacial score (nSPS) is 11.8. The number of carbonyl (C=O) groups excluding carboxylic acids is 1. The number of carbonyl (C=O) groups is 1. The summed E-state index contributed by atoms with van der Waals surface area (Å²) in [5, 5.41) is 10.8. The molecule has 1 atom stereocenters. The number of rotatable bonds is 6. The van der Waals surface area contributed by atoms with Gasteiger partial charge in [0.25, 0.3) is 5.22 Å². The van der Waals surface area contributed by atoms with E-state index < -0.39 is 5.25 Å². The zero-order valence-corrected chi connectivity index (χ0v) is 14.6. The fourth-order valence-electron chi connectivity index (χ4n) is 2.10. The zero-order valence-electron chi connectivity index (χ0n) is 13.8. The van der Waals surface area contributed by atoms with Gasteiger partial charge in [-0.05, 0) is 31.2 Å². The second-order valence-corrected chi connectivity index (χ2v) is 6.51. The second kappa shape index (κ2) is 7.85. The fourth-order valence-corrected chi connectivity index (χ4v) is 2.79. The third-order valence-electron chi connectivity index (χ3n) is 3.41. The van der Waals surface area contributed by atoms with Crippen LogP contribution in [-0.2, 0) is 4.79 Å². The zero-order chi connectivity index (χ0) is 17.6. The molecule has 0 aliphatic heterocycles. The number of ether oxygens (including phenoxy) is 1. The molecule has 3 rings (SSSR count). The predicted molar refractivity (Wildman–Crippen MR) is 96.7 cm³/mol. The lowest BCUT2D eigenvalue weighted by Crippen LogP contribution is -2.22. The number of aromatic nitrogens is 2. The van der Waals surface area contributed by atoms with E-state index in [2.05, 4.69) is 15.5 Å². The Morgan fingerprint density at radius 3 is 2.72 bits per heavy atom. The third kappa shape index (κ3) is 4.39. The van der Waals surface area contributed by atoms with E-state index in [1.54, 1.807) is 26.2 Å². The minimum atomic E-state index is -0.393. The van der Waals surface area contributed by atoms with Crippen molar-refractivity contribution >= 4 is 23.4 Å². The highest BCUT2D eigenvalue weighted by Crippen LogP contribution is 2.27. The molecule has 0 spiro atoms. The Balaban J connectivity index is 1.62. The van der Waals surface area contributed by atoms with Crippen LogP contribution in [0.3, 0.4) is 0 Å². The molecule has 0 saturated heterocycles. The maximum Gasteiger partial charge on any atom is 0.277 e. The Morgan fingerprint density at radius 2 is 1.96 bits per heavy atom. The van der Waals surface area contributed by atoms with Crippen LogP contribution >= 0.6 is 11.8 Å². The van der Waals surface area contributed by atoms with E-state index in [9.17, 15) is 4.79 Å². The van der Waals surface area contributed by atoms with Crippen LogP contribution in [-0.4, -0.2) is 28.5 Å². The quantitative estimate of drug-likeness (QED) is 0.677. The molecule has 0 aliphatic carbocycles. The van der Waals surface area contributed by atoms with Crippen molar-refractivity contribution in [3.63, 3.8) is 0 Å². The average Bonchev–Trinajstić information content (AvgIpc) is 3.11. The highest BCUT2D eigenvalue weighted by atomic mass is 32.2. The van der Waals surface area contributed by atoms with Gasteiger partial charge in [-0.2, -0.15) is 0 Å². The summed E-state index contributed by atoms with van der Waals surface area (Å²) in [6.07, 6.45) is 0. The molecule has 1 heterocycles. The van der Waals surface area contributed by atoms with Crippen molar-refractivity contribution in [1.82, 2.24) is 10.2 Å². The minimum absolute atomic E-state index is 0.155. The smallest absolute Gasteiger partial charge is 0.277 e. The van der Waals surface area contributed by atoms with E-state index >= 15 is 0 Å². The van der Waals surface area contributed by atoms with Crippen LogP contribution in [0.5, 0.6) is 5.75 Å². The lowest BCUT2D eigenvalue weighted by molar-refractivity contribution is -0.115. The van der Waals surface area contributed by atoms with E-state index in [1.807, 2.05) is 42.5 Å². The molecular formula is C18H17N3O3S.